The molecule has 0 spiro atoms. The first kappa shape index (κ1) is 31.5. The number of nitrogens with one attached hydrogen (secondary N) is 1. The van der Waals surface area contributed by atoms with Crippen molar-refractivity contribution >= 4 is 38.4 Å². The van der Waals surface area contributed by atoms with Gasteiger partial charge in [-0.2, -0.15) is 0 Å². The first-order valence-electron chi connectivity index (χ1n) is 15.4. The molecule has 0 bridgehead atoms. The van der Waals surface area contributed by atoms with Crippen molar-refractivity contribution in [1.82, 2.24) is 4.98 Å². The summed E-state index contributed by atoms with van der Waals surface area (Å²) < 4.78 is 17.7. The third-order valence-corrected chi connectivity index (χ3v) is 9.62. The maximum atomic E-state index is 14.0. The second kappa shape index (κ2) is 11.8. The minimum absolute atomic E-state index is 0.0257. The molecule has 246 valence electrons. The Labute approximate surface area is 268 Å². The number of carbonyl (C=O) groups is 1. The van der Waals surface area contributed by atoms with E-state index in [1.165, 1.54) is 12.1 Å². The normalized spacial score (nSPS) is 26.7. The molecule has 0 amide bonds. The van der Waals surface area contributed by atoms with E-state index in [0.29, 0.717) is 16.5 Å². The Hall–Kier alpha value is -4.11. The maximum absolute atomic E-state index is 14.0. The van der Waals surface area contributed by atoms with Crippen molar-refractivity contribution < 1.29 is 54.8 Å². The van der Waals surface area contributed by atoms with Crippen LogP contribution in [0.4, 0.5) is 0 Å². The average Bonchev–Trinajstić information content (AvgIpc) is 3.55. The van der Waals surface area contributed by atoms with Gasteiger partial charge in [0.15, 0.2) is 18.1 Å². The zero-order valence-electron chi connectivity index (χ0n) is 25.1. The van der Waals surface area contributed by atoms with Crippen LogP contribution in [0.5, 0.6) is 11.5 Å². The lowest BCUT2D eigenvalue weighted by molar-refractivity contribution is -0.297. The molecule has 8 N–H and O–H groups in total. The zero-order valence-corrected chi connectivity index (χ0v) is 25.1. The van der Waals surface area contributed by atoms with Crippen LogP contribution in [0.3, 0.4) is 0 Å². The fourth-order valence-electron chi connectivity index (χ4n) is 7.10. The Balaban J connectivity index is 1.24. The van der Waals surface area contributed by atoms with Crippen molar-refractivity contribution in [2.75, 3.05) is 6.61 Å². The van der Waals surface area contributed by atoms with Gasteiger partial charge in [-0.3, -0.25) is 0 Å². The van der Waals surface area contributed by atoms with Crippen LogP contribution in [-0.4, -0.2) is 89.3 Å². The van der Waals surface area contributed by atoms with Gasteiger partial charge in [-0.05, 0) is 76.7 Å². The zero-order chi connectivity index (χ0) is 33.1. The van der Waals surface area contributed by atoms with E-state index < -0.39 is 61.1 Å². The molecule has 0 unspecified atom stereocenters. The summed E-state index contributed by atoms with van der Waals surface area (Å²) in [5.41, 5.74) is -0.777. The van der Waals surface area contributed by atoms with Gasteiger partial charge < -0.3 is 54.9 Å². The number of phenols is 1. The van der Waals surface area contributed by atoms with E-state index in [-0.39, 0.29) is 36.5 Å². The molecule has 7 rings (SSSR count). The van der Waals surface area contributed by atoms with Crippen LogP contribution in [0, 0.1) is 5.92 Å². The van der Waals surface area contributed by atoms with Crippen LogP contribution >= 0.6 is 0 Å². The van der Waals surface area contributed by atoms with E-state index >= 15 is 0 Å². The molecular weight excluding hydrogens is 610 g/mol. The number of rotatable bonds is 8. The smallest absolute Gasteiger partial charge is 0.343 e. The van der Waals surface area contributed by atoms with Gasteiger partial charge in [-0.25, -0.2) is 4.79 Å². The molecule has 2 fully saturated rings. The summed E-state index contributed by atoms with van der Waals surface area (Å²) in [6, 6.07) is 21.6. The van der Waals surface area contributed by atoms with Gasteiger partial charge >= 0.3 is 5.97 Å². The Bertz CT molecular complexity index is 1960. The van der Waals surface area contributed by atoms with E-state index in [1.54, 1.807) is 12.1 Å². The number of aromatic hydroxyl groups is 1. The SMILES string of the molecule is O=C(Oc1c(CO)[nH]c2ccc3cc4ccccc4cc3c12)[C@@H]1O[C@@](O)(CO)[C@@]2(O)CC[C@@H]([C@H](Cc3ccc(O)cc3)C(O)O)O[C@@H]12. The lowest BCUT2D eigenvalue weighted by Crippen LogP contribution is -2.63. The third-order valence-electron chi connectivity index (χ3n) is 9.62. The van der Waals surface area contributed by atoms with Crippen molar-refractivity contribution in [3.8, 4) is 11.5 Å². The highest BCUT2D eigenvalue weighted by Crippen LogP contribution is 2.49. The topological polar surface area (TPSA) is 202 Å². The fraction of sp³-hybridized carbons (Fsp3) is 0.343. The van der Waals surface area contributed by atoms with Crippen LogP contribution in [-0.2, 0) is 27.3 Å². The highest BCUT2D eigenvalue weighted by molar-refractivity contribution is 6.14. The first-order valence-corrected chi connectivity index (χ1v) is 15.4. The predicted molar refractivity (Wildman–Crippen MR) is 168 cm³/mol. The number of benzene rings is 4. The van der Waals surface area contributed by atoms with Crippen LogP contribution in [0.2, 0.25) is 0 Å². The highest BCUT2D eigenvalue weighted by Gasteiger charge is 2.69. The molecule has 47 heavy (non-hydrogen) atoms. The van der Waals surface area contributed by atoms with Crippen molar-refractivity contribution in [2.24, 2.45) is 5.92 Å². The molecule has 6 atom stereocenters. The molecule has 2 aliphatic heterocycles. The van der Waals surface area contributed by atoms with Gasteiger partial charge in [0, 0.05) is 5.92 Å². The number of aromatic amines is 1. The third kappa shape index (κ3) is 5.23. The lowest BCUT2D eigenvalue weighted by atomic mass is 9.77. The number of H-pyrrole nitrogens is 1. The number of aliphatic hydroxyl groups is 6. The van der Waals surface area contributed by atoms with E-state index in [1.807, 2.05) is 48.5 Å². The number of carbonyl (C=O) groups excluding carboxylic acids is 1. The second-order valence-corrected chi connectivity index (χ2v) is 12.4. The Morgan fingerprint density at radius 2 is 1.70 bits per heavy atom. The number of aromatic nitrogens is 1. The fourth-order valence-corrected chi connectivity index (χ4v) is 7.10. The molecule has 2 saturated heterocycles. The molecule has 0 radical (unpaired) electrons. The van der Waals surface area contributed by atoms with Crippen LogP contribution < -0.4 is 4.74 Å². The number of esters is 1. The summed E-state index contributed by atoms with van der Waals surface area (Å²) in [4.78, 5) is 17.1. The van der Waals surface area contributed by atoms with Gasteiger partial charge in [0.05, 0.1) is 29.3 Å². The number of fused-ring (bicyclic) bond motifs is 5. The highest BCUT2D eigenvalue weighted by atomic mass is 16.7. The summed E-state index contributed by atoms with van der Waals surface area (Å²) in [6.07, 6.45) is -6.18. The molecule has 1 aromatic heterocycles. The van der Waals surface area contributed by atoms with Gasteiger partial charge in [0.25, 0.3) is 0 Å². The minimum Gasteiger partial charge on any atom is -0.508 e. The molecule has 12 heteroatoms. The van der Waals surface area contributed by atoms with Gasteiger partial charge in [0.2, 0.25) is 5.79 Å². The van der Waals surface area contributed by atoms with E-state index in [0.717, 1.165) is 21.5 Å². The molecular formula is C35H35NO11. The lowest BCUT2D eigenvalue weighted by Gasteiger charge is -2.45. The number of aliphatic hydroxyl groups excluding tert-OH is 3. The molecule has 4 aromatic carbocycles. The van der Waals surface area contributed by atoms with Crippen molar-refractivity contribution in [1.29, 1.82) is 0 Å². The number of phenolic OH excluding ortho intramolecular Hbond substituents is 1. The van der Waals surface area contributed by atoms with Crippen molar-refractivity contribution in [3.63, 3.8) is 0 Å². The number of ether oxygens (including phenoxy) is 3. The van der Waals surface area contributed by atoms with Crippen molar-refractivity contribution in [3.05, 3.63) is 84.1 Å². The molecule has 2 aliphatic rings. The van der Waals surface area contributed by atoms with Crippen LogP contribution in [0.25, 0.3) is 32.4 Å². The summed E-state index contributed by atoms with van der Waals surface area (Å²) in [5, 5.41) is 77.6. The number of hydrogen-bond acceptors (Lipinski definition) is 11. The summed E-state index contributed by atoms with van der Waals surface area (Å²) in [5.74, 6) is -4.51. The molecule has 0 saturated carbocycles. The first-order chi connectivity index (χ1) is 22.5. The summed E-state index contributed by atoms with van der Waals surface area (Å²) >= 11 is 0. The standard InChI is InChI=1S/C35H35NO11/c37-16-26-29(28-23-15-20-4-2-1-3-19(20)14-21(23)7-10-25(28)36-26)46-33(42)30-31-34(43,35(44,17-38)47-30)12-11-27(45-31)24(32(40)41)13-18-5-8-22(39)9-6-18/h1-10,14-15,24,27,30-32,36-41,43-44H,11-13,16-17H2/t24-,27-,30+,31-,34+,35-/m0/s1. The van der Waals surface area contributed by atoms with E-state index in [9.17, 15) is 40.5 Å². The molecule has 12 nitrogen and oxygen atoms in total. The maximum Gasteiger partial charge on any atom is 0.343 e. The average molecular weight is 646 g/mol. The van der Waals surface area contributed by atoms with E-state index in [4.69, 9.17) is 14.2 Å². The van der Waals surface area contributed by atoms with E-state index in [2.05, 4.69) is 4.98 Å². The van der Waals surface area contributed by atoms with Crippen molar-refractivity contribution in [2.45, 2.75) is 61.9 Å². The predicted octanol–water partition coefficient (Wildman–Crippen LogP) is 2.11. The molecule has 3 heterocycles. The summed E-state index contributed by atoms with van der Waals surface area (Å²) in [6.45, 7) is -1.57. The Morgan fingerprint density at radius 1 is 0.979 bits per heavy atom. The van der Waals surface area contributed by atoms with Gasteiger partial charge in [-0.1, -0.05) is 42.5 Å². The Morgan fingerprint density at radius 3 is 2.38 bits per heavy atom. The van der Waals surface area contributed by atoms with Crippen LogP contribution in [0.1, 0.15) is 24.1 Å². The number of hydrogen-bond donors (Lipinski definition) is 8. The molecule has 5 aromatic rings. The quantitative estimate of drug-likeness (QED) is 0.0698. The van der Waals surface area contributed by atoms with Gasteiger partial charge in [-0.15, -0.1) is 0 Å². The second-order valence-electron chi connectivity index (χ2n) is 12.4. The minimum atomic E-state index is -2.59. The largest absolute Gasteiger partial charge is 0.508 e. The van der Waals surface area contributed by atoms with Gasteiger partial charge in [0.1, 0.15) is 24.1 Å². The summed E-state index contributed by atoms with van der Waals surface area (Å²) in [7, 11) is 0. The Kier molecular flexibility index (Phi) is 7.94. The van der Waals surface area contributed by atoms with Crippen LogP contribution in [0.15, 0.2) is 72.8 Å². The monoisotopic (exact) mass is 645 g/mol. The molecule has 0 aliphatic carbocycles.